The lowest BCUT2D eigenvalue weighted by molar-refractivity contribution is 0.340. The normalized spacial score (nSPS) is 9.93. The van der Waals surface area contributed by atoms with Crippen LogP contribution >= 0.6 is 0 Å². The highest BCUT2D eigenvalue weighted by Crippen LogP contribution is 2.21. The van der Waals surface area contributed by atoms with Crippen LogP contribution in [-0.2, 0) is 0 Å². The summed E-state index contributed by atoms with van der Waals surface area (Å²) < 4.78 is 5.43. The Labute approximate surface area is 89.6 Å². The molecule has 2 nitrogen and oxygen atoms in total. The summed E-state index contributed by atoms with van der Waals surface area (Å²) >= 11 is 0. The average Bonchev–Trinajstić information content (AvgIpc) is 2.31. The molecule has 1 heterocycles. The molecular weight excluding hydrogens is 186 g/mol. The Bertz CT molecular complexity index is 426. The molecule has 0 saturated carbocycles. The Morgan fingerprint density at radius 3 is 3.00 bits per heavy atom. The molecule has 0 unspecified atom stereocenters. The van der Waals surface area contributed by atoms with Crippen LogP contribution in [0.15, 0.2) is 42.6 Å². The van der Waals surface area contributed by atoms with Crippen molar-refractivity contribution < 1.29 is 4.74 Å². The van der Waals surface area contributed by atoms with Gasteiger partial charge >= 0.3 is 0 Å². The van der Waals surface area contributed by atoms with Crippen molar-refractivity contribution in [3.05, 3.63) is 48.7 Å². The van der Waals surface area contributed by atoms with Crippen molar-refractivity contribution in [3.63, 3.8) is 0 Å². The highest BCUT2D eigenvalue weighted by Gasteiger charge is 1.99. The van der Waals surface area contributed by atoms with Gasteiger partial charge in [0.05, 0.1) is 12.3 Å². The van der Waals surface area contributed by atoms with Crippen molar-refractivity contribution in [2.24, 2.45) is 0 Å². The van der Waals surface area contributed by atoms with Gasteiger partial charge in [-0.3, -0.25) is 4.98 Å². The van der Waals surface area contributed by atoms with E-state index in [-0.39, 0.29) is 0 Å². The Hall–Kier alpha value is -1.83. The van der Waals surface area contributed by atoms with Gasteiger partial charge in [-0.05, 0) is 25.1 Å². The van der Waals surface area contributed by atoms with E-state index in [1.54, 1.807) is 6.20 Å². The number of hydrogen-bond donors (Lipinski definition) is 0. The molecule has 0 amide bonds. The van der Waals surface area contributed by atoms with Crippen LogP contribution < -0.4 is 4.74 Å². The fraction of sp³-hybridized carbons (Fsp3) is 0.154. The third-order valence-corrected chi connectivity index (χ3v) is 2.06. The van der Waals surface area contributed by atoms with E-state index in [9.17, 15) is 0 Å². The van der Waals surface area contributed by atoms with Gasteiger partial charge < -0.3 is 4.74 Å². The SMILES string of the molecule is CCOc1cccc(-c2cc[c]cn2)c1. The van der Waals surface area contributed by atoms with Crippen LogP contribution in [0.5, 0.6) is 5.75 Å². The third kappa shape index (κ3) is 2.34. The minimum absolute atomic E-state index is 0.680. The molecule has 0 fully saturated rings. The zero-order valence-corrected chi connectivity index (χ0v) is 8.60. The standard InChI is InChI=1S/C13H12NO/c1-2-15-12-7-5-6-11(10-12)13-8-3-4-9-14-13/h3,5-10H,2H2,1H3. The van der Waals surface area contributed by atoms with Gasteiger partial charge in [0.2, 0.25) is 0 Å². The number of hydrogen-bond acceptors (Lipinski definition) is 2. The Balaban J connectivity index is 2.33. The van der Waals surface area contributed by atoms with Crippen molar-refractivity contribution in [3.8, 4) is 17.0 Å². The molecule has 0 aliphatic rings. The van der Waals surface area contributed by atoms with Crippen LogP contribution in [0.1, 0.15) is 6.92 Å². The van der Waals surface area contributed by atoms with Gasteiger partial charge in [-0.15, -0.1) is 0 Å². The van der Waals surface area contributed by atoms with Gasteiger partial charge in [0.1, 0.15) is 5.75 Å². The van der Waals surface area contributed by atoms with Gasteiger partial charge in [0.15, 0.2) is 0 Å². The lowest BCUT2D eigenvalue weighted by Crippen LogP contribution is -1.91. The molecule has 1 aromatic carbocycles. The summed E-state index contributed by atoms with van der Waals surface area (Å²) in [6, 6.07) is 14.6. The molecule has 0 bridgehead atoms. The quantitative estimate of drug-likeness (QED) is 0.756. The van der Waals surface area contributed by atoms with Crippen molar-refractivity contribution in [1.82, 2.24) is 4.98 Å². The van der Waals surface area contributed by atoms with Crippen LogP contribution in [0.4, 0.5) is 0 Å². The van der Waals surface area contributed by atoms with Crippen LogP contribution in [0, 0.1) is 6.07 Å². The second-order valence-electron chi connectivity index (χ2n) is 3.10. The fourth-order valence-electron chi connectivity index (χ4n) is 1.40. The Morgan fingerprint density at radius 1 is 1.33 bits per heavy atom. The summed E-state index contributed by atoms with van der Waals surface area (Å²) in [7, 11) is 0. The zero-order chi connectivity index (χ0) is 10.5. The molecule has 0 aliphatic carbocycles. The van der Waals surface area contributed by atoms with Crippen molar-refractivity contribution >= 4 is 0 Å². The second-order valence-corrected chi connectivity index (χ2v) is 3.10. The van der Waals surface area contributed by atoms with Gasteiger partial charge in [-0.2, -0.15) is 0 Å². The predicted octanol–water partition coefficient (Wildman–Crippen LogP) is 2.95. The molecule has 75 valence electrons. The lowest BCUT2D eigenvalue weighted by atomic mass is 10.1. The maximum Gasteiger partial charge on any atom is 0.119 e. The van der Waals surface area contributed by atoms with E-state index in [2.05, 4.69) is 11.1 Å². The summed E-state index contributed by atoms with van der Waals surface area (Å²) in [4.78, 5) is 4.24. The van der Waals surface area contributed by atoms with Crippen LogP contribution in [0.2, 0.25) is 0 Å². The van der Waals surface area contributed by atoms with Gasteiger partial charge in [-0.1, -0.05) is 18.2 Å². The van der Waals surface area contributed by atoms with E-state index < -0.39 is 0 Å². The number of aromatic nitrogens is 1. The van der Waals surface area contributed by atoms with Gasteiger partial charge in [-0.25, -0.2) is 0 Å². The average molecular weight is 198 g/mol. The molecule has 2 rings (SSSR count). The summed E-state index contributed by atoms with van der Waals surface area (Å²) in [5, 5.41) is 0. The van der Waals surface area contributed by atoms with E-state index >= 15 is 0 Å². The highest BCUT2D eigenvalue weighted by atomic mass is 16.5. The molecular formula is C13H12NO. The van der Waals surface area contributed by atoms with E-state index in [4.69, 9.17) is 4.74 Å². The Kier molecular flexibility index (Phi) is 2.98. The molecule has 1 radical (unpaired) electrons. The van der Waals surface area contributed by atoms with Crippen molar-refractivity contribution in [2.75, 3.05) is 6.61 Å². The van der Waals surface area contributed by atoms with E-state index in [1.807, 2.05) is 43.3 Å². The molecule has 1 aromatic heterocycles. The zero-order valence-electron chi connectivity index (χ0n) is 8.60. The van der Waals surface area contributed by atoms with Crippen molar-refractivity contribution in [1.29, 1.82) is 0 Å². The summed E-state index contributed by atoms with van der Waals surface area (Å²) in [5.41, 5.74) is 2.00. The highest BCUT2D eigenvalue weighted by molar-refractivity contribution is 5.60. The molecule has 15 heavy (non-hydrogen) atoms. The first-order valence-corrected chi connectivity index (χ1v) is 4.95. The van der Waals surface area contributed by atoms with Gasteiger partial charge in [0, 0.05) is 17.8 Å². The summed E-state index contributed by atoms with van der Waals surface area (Å²) in [6.45, 7) is 2.65. The lowest BCUT2D eigenvalue weighted by Gasteiger charge is -2.05. The second kappa shape index (κ2) is 4.60. The van der Waals surface area contributed by atoms with E-state index in [0.717, 1.165) is 17.0 Å². The molecule has 0 atom stereocenters. The first-order valence-electron chi connectivity index (χ1n) is 4.95. The molecule has 0 saturated heterocycles. The first-order chi connectivity index (χ1) is 7.40. The topological polar surface area (TPSA) is 22.1 Å². The fourth-order valence-corrected chi connectivity index (χ4v) is 1.40. The van der Waals surface area contributed by atoms with E-state index in [1.165, 1.54) is 0 Å². The predicted molar refractivity (Wildman–Crippen MR) is 59.7 cm³/mol. The third-order valence-electron chi connectivity index (χ3n) is 2.06. The molecule has 0 spiro atoms. The van der Waals surface area contributed by atoms with Gasteiger partial charge in [0.25, 0.3) is 0 Å². The number of benzene rings is 1. The molecule has 2 aromatic rings. The van der Waals surface area contributed by atoms with Crippen LogP contribution in [-0.4, -0.2) is 11.6 Å². The van der Waals surface area contributed by atoms with Crippen LogP contribution in [0.3, 0.4) is 0 Å². The molecule has 2 heteroatoms. The number of ether oxygens (including phenoxy) is 1. The summed E-state index contributed by atoms with van der Waals surface area (Å²) in [5.74, 6) is 0.879. The van der Waals surface area contributed by atoms with Crippen LogP contribution in [0.25, 0.3) is 11.3 Å². The molecule has 0 aliphatic heterocycles. The maximum absolute atomic E-state index is 5.43. The number of nitrogens with zero attached hydrogens (tertiary/aromatic N) is 1. The monoisotopic (exact) mass is 198 g/mol. The number of pyridine rings is 1. The smallest absolute Gasteiger partial charge is 0.119 e. The minimum atomic E-state index is 0.680. The first kappa shape index (κ1) is 9.71. The van der Waals surface area contributed by atoms with E-state index in [0.29, 0.717) is 6.61 Å². The largest absolute Gasteiger partial charge is 0.494 e. The Morgan fingerprint density at radius 2 is 2.27 bits per heavy atom. The maximum atomic E-state index is 5.43. The minimum Gasteiger partial charge on any atom is -0.494 e. The number of rotatable bonds is 3. The van der Waals surface area contributed by atoms with Crippen molar-refractivity contribution in [2.45, 2.75) is 6.92 Å². The summed E-state index contributed by atoms with van der Waals surface area (Å²) in [6.07, 6.45) is 1.67. The molecule has 0 N–H and O–H groups in total.